The first kappa shape index (κ1) is 18.0. The summed E-state index contributed by atoms with van der Waals surface area (Å²) in [6.07, 6.45) is 5.63. The molecular formula is C20H28N4O. The second-order valence-corrected chi connectivity index (χ2v) is 6.78. The van der Waals surface area contributed by atoms with Crippen LogP contribution in [-0.4, -0.2) is 34.2 Å². The lowest BCUT2D eigenvalue weighted by molar-refractivity contribution is -0.0777. The van der Waals surface area contributed by atoms with Crippen LogP contribution in [0.1, 0.15) is 54.4 Å². The van der Waals surface area contributed by atoms with Crippen molar-refractivity contribution in [2.45, 2.75) is 51.9 Å². The van der Waals surface area contributed by atoms with Gasteiger partial charge in [-0.05, 0) is 43.5 Å². The summed E-state index contributed by atoms with van der Waals surface area (Å²) in [7, 11) is 0. The molecule has 3 rings (SSSR count). The third-order valence-corrected chi connectivity index (χ3v) is 4.97. The molecule has 3 atom stereocenters. The first-order valence-electron chi connectivity index (χ1n) is 9.07. The summed E-state index contributed by atoms with van der Waals surface area (Å²) in [4.78, 5) is 11.7. The number of aryl methyl sites for hydroxylation is 2. The van der Waals surface area contributed by atoms with E-state index in [2.05, 4.69) is 47.8 Å². The maximum atomic E-state index is 6.63. The van der Waals surface area contributed by atoms with E-state index in [0.29, 0.717) is 13.2 Å². The standard InChI is InChI=1S/C20H28N4O/c1-4-7-18(21)24-16(19-14(2)8-5-10-22-19)12-25-13-17(24)20-15(3)9-6-11-23-20/h5-6,8-11,16-18H,4,7,12-13,21H2,1-3H3. The second kappa shape index (κ2) is 8.04. The first-order valence-corrected chi connectivity index (χ1v) is 9.07. The summed E-state index contributed by atoms with van der Waals surface area (Å²) in [6.45, 7) is 7.58. The average Bonchev–Trinajstić information content (AvgIpc) is 2.62. The van der Waals surface area contributed by atoms with E-state index < -0.39 is 0 Å². The highest BCUT2D eigenvalue weighted by Gasteiger charge is 2.38. The SMILES string of the molecule is CCCC(N)N1C(c2ncccc2C)COCC1c1ncccc1C. The molecule has 0 saturated carbocycles. The highest BCUT2D eigenvalue weighted by atomic mass is 16.5. The number of morpholine rings is 1. The minimum atomic E-state index is -0.0493. The molecule has 1 fully saturated rings. The van der Waals surface area contributed by atoms with Crippen LogP contribution in [0.2, 0.25) is 0 Å². The lowest BCUT2D eigenvalue weighted by Gasteiger charge is -2.45. The fraction of sp³-hybridized carbons (Fsp3) is 0.500. The number of aromatic nitrogens is 2. The Bertz CT molecular complexity index is 652. The van der Waals surface area contributed by atoms with E-state index >= 15 is 0 Å². The second-order valence-electron chi connectivity index (χ2n) is 6.78. The molecule has 1 aliphatic rings. The van der Waals surface area contributed by atoms with Crippen LogP contribution in [0.3, 0.4) is 0 Å². The van der Waals surface area contributed by atoms with E-state index in [4.69, 9.17) is 10.5 Å². The van der Waals surface area contributed by atoms with Crippen molar-refractivity contribution in [3.8, 4) is 0 Å². The van der Waals surface area contributed by atoms with E-state index in [-0.39, 0.29) is 18.2 Å². The van der Waals surface area contributed by atoms with Crippen molar-refractivity contribution in [3.63, 3.8) is 0 Å². The van der Waals surface area contributed by atoms with Gasteiger partial charge in [0.05, 0.1) is 42.9 Å². The minimum absolute atomic E-state index is 0.0444. The number of rotatable bonds is 5. The number of hydrogen-bond acceptors (Lipinski definition) is 5. The zero-order chi connectivity index (χ0) is 17.8. The molecule has 0 spiro atoms. The average molecular weight is 340 g/mol. The van der Waals surface area contributed by atoms with Crippen LogP contribution < -0.4 is 5.73 Å². The monoisotopic (exact) mass is 340 g/mol. The van der Waals surface area contributed by atoms with E-state index in [1.54, 1.807) is 0 Å². The molecule has 3 heterocycles. The van der Waals surface area contributed by atoms with Gasteiger partial charge in [-0.1, -0.05) is 25.5 Å². The van der Waals surface area contributed by atoms with Crippen molar-refractivity contribution in [1.82, 2.24) is 14.9 Å². The summed E-state index contributed by atoms with van der Waals surface area (Å²) < 4.78 is 5.99. The topological polar surface area (TPSA) is 64.3 Å². The summed E-state index contributed by atoms with van der Waals surface area (Å²) in [5.41, 5.74) is 11.1. The molecule has 0 radical (unpaired) electrons. The van der Waals surface area contributed by atoms with Crippen molar-refractivity contribution >= 4 is 0 Å². The van der Waals surface area contributed by atoms with Gasteiger partial charge in [0.1, 0.15) is 0 Å². The van der Waals surface area contributed by atoms with Gasteiger partial charge in [-0.2, -0.15) is 0 Å². The quantitative estimate of drug-likeness (QED) is 0.905. The Labute approximate surface area is 150 Å². The predicted octanol–water partition coefficient (Wildman–Crippen LogP) is 3.29. The van der Waals surface area contributed by atoms with Gasteiger partial charge in [0.25, 0.3) is 0 Å². The molecule has 0 aliphatic carbocycles. The molecule has 5 heteroatoms. The van der Waals surface area contributed by atoms with Gasteiger partial charge in [0, 0.05) is 12.4 Å². The van der Waals surface area contributed by atoms with Crippen LogP contribution in [0, 0.1) is 13.8 Å². The molecule has 1 aliphatic heterocycles. The number of hydrogen-bond donors (Lipinski definition) is 1. The Morgan fingerprint density at radius 2 is 1.60 bits per heavy atom. The maximum Gasteiger partial charge on any atom is 0.0779 e. The highest BCUT2D eigenvalue weighted by molar-refractivity contribution is 5.26. The number of nitrogens with two attached hydrogens (primary N) is 1. The normalized spacial score (nSPS) is 22.7. The third-order valence-electron chi connectivity index (χ3n) is 4.97. The van der Waals surface area contributed by atoms with Crippen molar-refractivity contribution in [2.75, 3.05) is 13.2 Å². The first-order chi connectivity index (χ1) is 12.1. The van der Waals surface area contributed by atoms with E-state index in [1.807, 2.05) is 24.5 Å². The van der Waals surface area contributed by atoms with Crippen molar-refractivity contribution in [2.24, 2.45) is 5.73 Å². The molecule has 25 heavy (non-hydrogen) atoms. The van der Waals surface area contributed by atoms with Gasteiger partial charge >= 0.3 is 0 Å². The van der Waals surface area contributed by atoms with Crippen molar-refractivity contribution in [1.29, 1.82) is 0 Å². The molecule has 1 saturated heterocycles. The fourth-order valence-electron chi connectivity index (χ4n) is 3.72. The number of nitrogens with zero attached hydrogens (tertiary/aromatic N) is 3. The molecule has 0 amide bonds. The van der Waals surface area contributed by atoms with Crippen LogP contribution in [0.5, 0.6) is 0 Å². The summed E-state index contributed by atoms with van der Waals surface area (Å²) in [6, 6.07) is 8.23. The van der Waals surface area contributed by atoms with Gasteiger partial charge in [-0.15, -0.1) is 0 Å². The molecule has 3 unspecified atom stereocenters. The number of pyridine rings is 2. The molecule has 0 bridgehead atoms. The predicted molar refractivity (Wildman–Crippen MR) is 99.0 cm³/mol. The van der Waals surface area contributed by atoms with Gasteiger partial charge in [-0.3, -0.25) is 14.9 Å². The van der Waals surface area contributed by atoms with Crippen molar-refractivity contribution < 1.29 is 4.74 Å². The summed E-state index contributed by atoms with van der Waals surface area (Å²) >= 11 is 0. The summed E-state index contributed by atoms with van der Waals surface area (Å²) in [5, 5.41) is 0. The Morgan fingerprint density at radius 3 is 2.04 bits per heavy atom. The van der Waals surface area contributed by atoms with Crippen LogP contribution >= 0.6 is 0 Å². The molecule has 2 aromatic rings. The van der Waals surface area contributed by atoms with Crippen molar-refractivity contribution in [3.05, 3.63) is 59.2 Å². The Morgan fingerprint density at radius 1 is 1.08 bits per heavy atom. The Hall–Kier alpha value is -1.82. The molecule has 5 nitrogen and oxygen atoms in total. The Balaban J connectivity index is 2.03. The van der Waals surface area contributed by atoms with Gasteiger partial charge in [-0.25, -0.2) is 0 Å². The molecule has 2 aromatic heterocycles. The minimum Gasteiger partial charge on any atom is -0.377 e. The van der Waals surface area contributed by atoms with Gasteiger partial charge in [0.2, 0.25) is 0 Å². The molecule has 134 valence electrons. The maximum absolute atomic E-state index is 6.63. The van der Waals surface area contributed by atoms with Crippen LogP contribution in [0.25, 0.3) is 0 Å². The molecule has 0 aromatic carbocycles. The van der Waals surface area contributed by atoms with Crippen LogP contribution in [0.4, 0.5) is 0 Å². The summed E-state index contributed by atoms with van der Waals surface area (Å²) in [5.74, 6) is 0. The van der Waals surface area contributed by atoms with E-state index in [9.17, 15) is 0 Å². The van der Waals surface area contributed by atoms with E-state index in [1.165, 1.54) is 11.1 Å². The van der Waals surface area contributed by atoms with Gasteiger partial charge in [0.15, 0.2) is 0 Å². The Kier molecular flexibility index (Phi) is 5.78. The lowest BCUT2D eigenvalue weighted by Crippen LogP contribution is -2.52. The fourth-order valence-corrected chi connectivity index (χ4v) is 3.72. The van der Waals surface area contributed by atoms with Crippen LogP contribution in [0.15, 0.2) is 36.7 Å². The third kappa shape index (κ3) is 3.73. The zero-order valence-electron chi connectivity index (χ0n) is 15.4. The van der Waals surface area contributed by atoms with Crippen LogP contribution in [-0.2, 0) is 4.74 Å². The van der Waals surface area contributed by atoms with Gasteiger partial charge < -0.3 is 10.5 Å². The number of ether oxygens (including phenoxy) is 1. The van der Waals surface area contributed by atoms with E-state index in [0.717, 1.165) is 24.2 Å². The molecule has 2 N–H and O–H groups in total. The largest absolute Gasteiger partial charge is 0.377 e. The highest BCUT2D eigenvalue weighted by Crippen LogP contribution is 2.37. The molecular weight excluding hydrogens is 312 g/mol. The smallest absolute Gasteiger partial charge is 0.0779 e. The lowest BCUT2D eigenvalue weighted by atomic mass is 9.98. The zero-order valence-corrected chi connectivity index (χ0v) is 15.4.